The zero-order valence-electron chi connectivity index (χ0n) is 7.74. The van der Waals surface area contributed by atoms with Crippen molar-refractivity contribution in [2.75, 3.05) is 5.01 Å². The van der Waals surface area contributed by atoms with E-state index in [2.05, 4.69) is 0 Å². The maximum Gasteiger partial charge on any atom is 0.251 e. The molecule has 3 heteroatoms. The molecule has 1 aromatic carbocycles. The van der Waals surface area contributed by atoms with Gasteiger partial charge in [0, 0.05) is 0 Å². The topological polar surface area (TPSA) is 46.3 Å². The Morgan fingerprint density at radius 2 is 1.92 bits per heavy atom. The van der Waals surface area contributed by atoms with Crippen molar-refractivity contribution in [3.63, 3.8) is 0 Å². The van der Waals surface area contributed by atoms with Crippen LogP contribution in [0.4, 0.5) is 5.69 Å². The first-order chi connectivity index (χ1) is 6.05. The van der Waals surface area contributed by atoms with E-state index in [1.807, 2.05) is 38.1 Å². The van der Waals surface area contributed by atoms with Gasteiger partial charge in [0.25, 0.3) is 5.91 Å². The van der Waals surface area contributed by atoms with E-state index in [4.69, 9.17) is 5.84 Å². The van der Waals surface area contributed by atoms with Crippen LogP contribution < -0.4 is 10.9 Å². The van der Waals surface area contributed by atoms with E-state index in [0.717, 1.165) is 11.3 Å². The van der Waals surface area contributed by atoms with Crippen molar-refractivity contribution in [1.82, 2.24) is 0 Å². The molecule has 3 nitrogen and oxygen atoms in total. The van der Waals surface area contributed by atoms with Gasteiger partial charge >= 0.3 is 0 Å². The number of hydrazine groups is 1. The molecule has 0 radical (unpaired) electrons. The first kappa shape index (κ1) is 8.26. The minimum atomic E-state index is -0.481. The molecule has 0 aromatic heterocycles. The molecule has 1 amide bonds. The molecule has 1 aliphatic heterocycles. The van der Waals surface area contributed by atoms with E-state index in [0.29, 0.717) is 0 Å². The summed E-state index contributed by atoms with van der Waals surface area (Å²) in [5.74, 6) is 5.60. The van der Waals surface area contributed by atoms with Crippen molar-refractivity contribution in [3.8, 4) is 0 Å². The van der Waals surface area contributed by atoms with Crippen LogP contribution in [0, 0.1) is 0 Å². The average molecular weight is 176 g/mol. The molecule has 0 bridgehead atoms. The van der Waals surface area contributed by atoms with Gasteiger partial charge < -0.3 is 0 Å². The zero-order chi connectivity index (χ0) is 9.64. The second kappa shape index (κ2) is 2.33. The SMILES string of the molecule is CC1(C)C(=O)N(N)c2ccccc21. The maximum absolute atomic E-state index is 11.7. The Morgan fingerprint density at radius 3 is 2.54 bits per heavy atom. The smallest absolute Gasteiger partial charge is 0.251 e. The van der Waals surface area contributed by atoms with E-state index in [1.54, 1.807) is 0 Å². The van der Waals surface area contributed by atoms with Gasteiger partial charge in [-0.05, 0) is 25.5 Å². The van der Waals surface area contributed by atoms with Crippen LogP contribution >= 0.6 is 0 Å². The second-order valence-corrected chi connectivity index (χ2v) is 3.82. The molecule has 68 valence electrons. The van der Waals surface area contributed by atoms with Gasteiger partial charge in [-0.1, -0.05) is 18.2 Å². The number of nitrogens with two attached hydrogens (primary N) is 1. The van der Waals surface area contributed by atoms with Crippen LogP contribution in [0.3, 0.4) is 0 Å². The number of amides is 1. The number of hydrogen-bond donors (Lipinski definition) is 1. The summed E-state index contributed by atoms with van der Waals surface area (Å²) in [5.41, 5.74) is 1.34. The van der Waals surface area contributed by atoms with Crippen LogP contribution in [0.2, 0.25) is 0 Å². The molecular weight excluding hydrogens is 164 g/mol. The third-order valence-electron chi connectivity index (χ3n) is 2.59. The monoisotopic (exact) mass is 176 g/mol. The number of rotatable bonds is 0. The molecule has 0 atom stereocenters. The minimum Gasteiger partial charge on any atom is -0.272 e. The van der Waals surface area contributed by atoms with Crippen LogP contribution in [0.25, 0.3) is 0 Å². The molecule has 2 rings (SSSR count). The Kier molecular flexibility index (Phi) is 1.48. The van der Waals surface area contributed by atoms with Gasteiger partial charge in [0.05, 0.1) is 11.1 Å². The fourth-order valence-corrected chi connectivity index (χ4v) is 1.74. The van der Waals surface area contributed by atoms with E-state index >= 15 is 0 Å². The molecule has 13 heavy (non-hydrogen) atoms. The quantitative estimate of drug-likeness (QED) is 0.476. The predicted molar refractivity (Wildman–Crippen MR) is 51.1 cm³/mol. The standard InChI is InChI=1S/C10H12N2O/c1-10(2)7-5-3-4-6-8(7)12(11)9(10)13/h3-6H,11H2,1-2H3. The fraction of sp³-hybridized carbons (Fsp3) is 0.300. The number of carbonyl (C=O) groups excluding carboxylic acids is 1. The number of hydrogen-bond acceptors (Lipinski definition) is 2. The summed E-state index contributed by atoms with van der Waals surface area (Å²) < 4.78 is 0. The maximum atomic E-state index is 11.7. The summed E-state index contributed by atoms with van der Waals surface area (Å²) in [5, 5.41) is 1.23. The van der Waals surface area contributed by atoms with Crippen molar-refractivity contribution >= 4 is 11.6 Å². The largest absolute Gasteiger partial charge is 0.272 e. The van der Waals surface area contributed by atoms with Crippen LogP contribution in [-0.2, 0) is 10.2 Å². The molecular formula is C10H12N2O. The van der Waals surface area contributed by atoms with Crippen molar-refractivity contribution in [1.29, 1.82) is 0 Å². The number of anilines is 1. The van der Waals surface area contributed by atoms with E-state index < -0.39 is 5.41 Å². The van der Waals surface area contributed by atoms with Crippen LogP contribution in [0.1, 0.15) is 19.4 Å². The van der Waals surface area contributed by atoms with Crippen molar-refractivity contribution in [2.45, 2.75) is 19.3 Å². The van der Waals surface area contributed by atoms with Crippen LogP contribution in [-0.4, -0.2) is 5.91 Å². The summed E-state index contributed by atoms with van der Waals surface area (Å²) in [7, 11) is 0. The highest BCUT2D eigenvalue weighted by Crippen LogP contribution is 2.39. The molecule has 0 saturated carbocycles. The Balaban J connectivity index is 2.68. The van der Waals surface area contributed by atoms with Crippen LogP contribution in [0.5, 0.6) is 0 Å². The van der Waals surface area contributed by atoms with E-state index in [1.165, 1.54) is 5.01 Å². The van der Waals surface area contributed by atoms with Gasteiger partial charge in [0.1, 0.15) is 0 Å². The van der Waals surface area contributed by atoms with Gasteiger partial charge in [0.15, 0.2) is 0 Å². The molecule has 1 aliphatic rings. The Labute approximate surface area is 77.1 Å². The van der Waals surface area contributed by atoms with E-state index in [9.17, 15) is 4.79 Å². The fourth-order valence-electron chi connectivity index (χ4n) is 1.74. The predicted octanol–water partition coefficient (Wildman–Crippen LogP) is 1.18. The summed E-state index contributed by atoms with van der Waals surface area (Å²) in [6, 6.07) is 7.61. The normalized spacial score (nSPS) is 19.0. The Bertz CT molecular complexity index is 371. The minimum absolute atomic E-state index is 0.0475. The van der Waals surface area contributed by atoms with Crippen molar-refractivity contribution < 1.29 is 4.79 Å². The highest BCUT2D eigenvalue weighted by Gasteiger charge is 2.42. The molecule has 0 unspecified atom stereocenters. The average Bonchev–Trinajstić information content (AvgIpc) is 2.30. The number of benzene rings is 1. The third kappa shape index (κ3) is 0.906. The molecule has 1 heterocycles. The highest BCUT2D eigenvalue weighted by molar-refractivity contribution is 6.06. The highest BCUT2D eigenvalue weighted by atomic mass is 16.2. The number of para-hydroxylation sites is 1. The van der Waals surface area contributed by atoms with Crippen molar-refractivity contribution in [2.24, 2.45) is 5.84 Å². The molecule has 1 aromatic rings. The lowest BCUT2D eigenvalue weighted by atomic mass is 9.86. The molecule has 0 aliphatic carbocycles. The number of carbonyl (C=O) groups is 1. The van der Waals surface area contributed by atoms with Gasteiger partial charge in [-0.15, -0.1) is 0 Å². The van der Waals surface area contributed by atoms with Gasteiger partial charge in [-0.25, -0.2) is 10.9 Å². The first-order valence-electron chi connectivity index (χ1n) is 4.24. The van der Waals surface area contributed by atoms with Gasteiger partial charge in [-0.3, -0.25) is 4.79 Å². The van der Waals surface area contributed by atoms with Gasteiger partial charge in [0.2, 0.25) is 0 Å². The summed E-state index contributed by atoms with van der Waals surface area (Å²) in [6.07, 6.45) is 0. The molecule has 0 spiro atoms. The molecule has 2 N–H and O–H groups in total. The van der Waals surface area contributed by atoms with Crippen molar-refractivity contribution in [3.05, 3.63) is 29.8 Å². The van der Waals surface area contributed by atoms with Crippen LogP contribution in [0.15, 0.2) is 24.3 Å². The summed E-state index contributed by atoms with van der Waals surface area (Å²) >= 11 is 0. The second-order valence-electron chi connectivity index (χ2n) is 3.82. The Hall–Kier alpha value is -1.35. The lowest BCUT2D eigenvalue weighted by Crippen LogP contribution is -2.40. The van der Waals surface area contributed by atoms with E-state index in [-0.39, 0.29) is 5.91 Å². The third-order valence-corrected chi connectivity index (χ3v) is 2.59. The lowest BCUT2D eigenvalue weighted by Gasteiger charge is -2.15. The summed E-state index contributed by atoms with van der Waals surface area (Å²) in [6.45, 7) is 3.78. The number of fused-ring (bicyclic) bond motifs is 1. The number of nitrogens with zero attached hydrogens (tertiary/aromatic N) is 1. The summed E-state index contributed by atoms with van der Waals surface area (Å²) in [4.78, 5) is 11.7. The molecule has 0 fully saturated rings. The first-order valence-corrected chi connectivity index (χ1v) is 4.24. The molecule has 0 saturated heterocycles. The van der Waals surface area contributed by atoms with Gasteiger partial charge in [-0.2, -0.15) is 0 Å². The zero-order valence-corrected chi connectivity index (χ0v) is 7.74. The lowest BCUT2D eigenvalue weighted by molar-refractivity contribution is -0.122. The Morgan fingerprint density at radius 1 is 1.31 bits per heavy atom.